The van der Waals surface area contributed by atoms with Gasteiger partial charge >= 0.3 is 5.97 Å². The Morgan fingerprint density at radius 3 is 3.07 bits per heavy atom. The molecule has 2 rings (SSSR count). The average molecular weight is 194 g/mol. The van der Waals surface area contributed by atoms with Crippen LogP contribution in [0.4, 0.5) is 0 Å². The fourth-order valence-corrected chi connectivity index (χ4v) is 1.57. The lowest BCUT2D eigenvalue weighted by Gasteiger charge is -1.98. The SMILES string of the molecule is CCOC(=O)c1n[nH]c2c1C(=O)CC2. The van der Waals surface area contributed by atoms with E-state index in [2.05, 4.69) is 10.2 Å². The highest BCUT2D eigenvalue weighted by molar-refractivity contribution is 6.08. The molecule has 0 atom stereocenters. The Balaban J connectivity index is 2.36. The van der Waals surface area contributed by atoms with E-state index in [1.54, 1.807) is 6.92 Å². The molecule has 0 saturated carbocycles. The number of hydrogen-bond acceptors (Lipinski definition) is 4. The number of ketones is 1. The van der Waals surface area contributed by atoms with E-state index in [9.17, 15) is 9.59 Å². The monoisotopic (exact) mass is 194 g/mol. The minimum atomic E-state index is -0.528. The van der Waals surface area contributed by atoms with Crippen LogP contribution in [0.3, 0.4) is 0 Å². The molecule has 0 radical (unpaired) electrons. The number of aryl methyl sites for hydroxylation is 1. The number of hydrogen-bond donors (Lipinski definition) is 1. The van der Waals surface area contributed by atoms with E-state index in [-0.39, 0.29) is 18.1 Å². The van der Waals surface area contributed by atoms with Gasteiger partial charge in [0.05, 0.1) is 12.2 Å². The average Bonchev–Trinajstić information content (AvgIpc) is 2.70. The summed E-state index contributed by atoms with van der Waals surface area (Å²) in [5, 5.41) is 6.47. The van der Waals surface area contributed by atoms with Gasteiger partial charge in [-0.15, -0.1) is 0 Å². The van der Waals surface area contributed by atoms with Crippen molar-refractivity contribution in [3.63, 3.8) is 0 Å². The van der Waals surface area contributed by atoms with Crippen LogP contribution in [0.25, 0.3) is 0 Å². The first kappa shape index (κ1) is 8.93. The quantitative estimate of drug-likeness (QED) is 0.704. The van der Waals surface area contributed by atoms with Crippen LogP contribution in [0.2, 0.25) is 0 Å². The van der Waals surface area contributed by atoms with Gasteiger partial charge in [0.25, 0.3) is 0 Å². The van der Waals surface area contributed by atoms with Crippen LogP contribution in [-0.4, -0.2) is 28.6 Å². The van der Waals surface area contributed by atoms with Crippen molar-refractivity contribution in [3.8, 4) is 0 Å². The Morgan fingerprint density at radius 1 is 1.57 bits per heavy atom. The lowest BCUT2D eigenvalue weighted by Crippen LogP contribution is -2.09. The van der Waals surface area contributed by atoms with Gasteiger partial charge in [0, 0.05) is 12.1 Å². The van der Waals surface area contributed by atoms with Crippen molar-refractivity contribution in [2.45, 2.75) is 19.8 Å². The zero-order chi connectivity index (χ0) is 10.1. The molecule has 0 aliphatic heterocycles. The van der Waals surface area contributed by atoms with Crippen LogP contribution < -0.4 is 0 Å². The van der Waals surface area contributed by atoms with Gasteiger partial charge in [0.2, 0.25) is 0 Å². The molecule has 1 N–H and O–H groups in total. The van der Waals surface area contributed by atoms with Crippen molar-refractivity contribution in [2.24, 2.45) is 0 Å². The second-order valence-corrected chi connectivity index (χ2v) is 3.07. The van der Waals surface area contributed by atoms with Gasteiger partial charge in [-0.25, -0.2) is 4.79 Å². The maximum atomic E-state index is 11.4. The number of H-pyrrole nitrogens is 1. The predicted octanol–water partition coefficient (Wildman–Crippen LogP) is 0.715. The van der Waals surface area contributed by atoms with Gasteiger partial charge in [-0.1, -0.05) is 0 Å². The third kappa shape index (κ3) is 1.21. The van der Waals surface area contributed by atoms with Gasteiger partial charge in [-0.3, -0.25) is 9.89 Å². The number of rotatable bonds is 2. The summed E-state index contributed by atoms with van der Waals surface area (Å²) in [6.45, 7) is 2.00. The number of ether oxygens (including phenoxy) is 1. The highest BCUT2D eigenvalue weighted by atomic mass is 16.5. The summed E-state index contributed by atoms with van der Waals surface area (Å²) in [4.78, 5) is 22.7. The Kier molecular flexibility index (Phi) is 2.07. The summed E-state index contributed by atoms with van der Waals surface area (Å²) in [5.74, 6) is -0.558. The molecule has 0 unspecified atom stereocenters. The number of aromatic nitrogens is 2. The maximum Gasteiger partial charge on any atom is 0.359 e. The van der Waals surface area contributed by atoms with Crippen molar-refractivity contribution in [1.82, 2.24) is 10.2 Å². The number of carbonyl (C=O) groups excluding carboxylic acids is 2. The standard InChI is InChI=1S/C9H10N2O3/c1-2-14-9(13)8-7-5(10-11-8)3-4-6(7)12/h2-4H2,1H3,(H,10,11). The summed E-state index contributed by atoms with van der Waals surface area (Å²) in [7, 11) is 0. The van der Waals surface area contributed by atoms with Crippen molar-refractivity contribution >= 4 is 11.8 Å². The highest BCUT2D eigenvalue weighted by Gasteiger charge is 2.30. The maximum absolute atomic E-state index is 11.4. The van der Waals surface area contributed by atoms with E-state index in [0.29, 0.717) is 18.4 Å². The summed E-state index contributed by atoms with van der Waals surface area (Å²) in [5.41, 5.74) is 1.30. The zero-order valence-electron chi connectivity index (χ0n) is 7.79. The molecule has 1 aromatic rings. The van der Waals surface area contributed by atoms with Crippen molar-refractivity contribution < 1.29 is 14.3 Å². The van der Waals surface area contributed by atoms with E-state index in [1.807, 2.05) is 0 Å². The van der Waals surface area contributed by atoms with Crippen LogP contribution in [0.5, 0.6) is 0 Å². The van der Waals surface area contributed by atoms with Gasteiger partial charge in [0.1, 0.15) is 0 Å². The van der Waals surface area contributed by atoms with E-state index in [0.717, 1.165) is 5.69 Å². The molecule has 0 aromatic carbocycles. The van der Waals surface area contributed by atoms with Gasteiger partial charge in [0.15, 0.2) is 11.5 Å². The number of nitrogens with zero attached hydrogens (tertiary/aromatic N) is 1. The molecule has 1 aliphatic carbocycles. The fraction of sp³-hybridized carbons (Fsp3) is 0.444. The third-order valence-electron chi connectivity index (χ3n) is 2.19. The Labute approximate surface area is 80.4 Å². The molecule has 0 saturated heterocycles. The second-order valence-electron chi connectivity index (χ2n) is 3.07. The predicted molar refractivity (Wildman–Crippen MR) is 47.2 cm³/mol. The molecular formula is C9H10N2O3. The first-order chi connectivity index (χ1) is 6.74. The number of carbonyl (C=O) groups is 2. The molecular weight excluding hydrogens is 184 g/mol. The summed E-state index contributed by atoms with van der Waals surface area (Å²) in [6.07, 6.45) is 1.09. The number of Topliss-reactive ketones (excluding diaryl/α,β-unsaturated/α-hetero) is 1. The van der Waals surface area contributed by atoms with E-state index < -0.39 is 5.97 Å². The Morgan fingerprint density at radius 2 is 2.36 bits per heavy atom. The zero-order valence-corrected chi connectivity index (χ0v) is 7.79. The largest absolute Gasteiger partial charge is 0.461 e. The number of esters is 1. The summed E-state index contributed by atoms with van der Waals surface area (Å²) < 4.78 is 4.79. The third-order valence-corrected chi connectivity index (χ3v) is 2.19. The molecule has 1 aromatic heterocycles. The van der Waals surface area contributed by atoms with Gasteiger partial charge in [-0.05, 0) is 13.3 Å². The summed E-state index contributed by atoms with van der Waals surface area (Å²) >= 11 is 0. The minimum Gasteiger partial charge on any atom is -0.461 e. The molecule has 5 heteroatoms. The number of aromatic amines is 1. The molecule has 0 fully saturated rings. The minimum absolute atomic E-state index is 0.0307. The summed E-state index contributed by atoms with van der Waals surface area (Å²) in [6, 6.07) is 0. The number of fused-ring (bicyclic) bond motifs is 1. The van der Waals surface area contributed by atoms with E-state index >= 15 is 0 Å². The first-order valence-corrected chi connectivity index (χ1v) is 4.51. The van der Waals surface area contributed by atoms with Crippen molar-refractivity contribution in [1.29, 1.82) is 0 Å². The van der Waals surface area contributed by atoms with Crippen molar-refractivity contribution in [2.75, 3.05) is 6.61 Å². The van der Waals surface area contributed by atoms with Crippen LogP contribution in [0.15, 0.2) is 0 Å². The molecule has 0 spiro atoms. The molecule has 14 heavy (non-hydrogen) atoms. The molecule has 1 aliphatic rings. The van der Waals surface area contributed by atoms with E-state index in [1.165, 1.54) is 0 Å². The van der Waals surface area contributed by atoms with Gasteiger partial charge < -0.3 is 4.74 Å². The molecule has 5 nitrogen and oxygen atoms in total. The normalized spacial score (nSPS) is 14.2. The lowest BCUT2D eigenvalue weighted by molar-refractivity contribution is 0.0516. The molecule has 0 amide bonds. The van der Waals surface area contributed by atoms with Gasteiger partial charge in [-0.2, -0.15) is 5.10 Å². The lowest BCUT2D eigenvalue weighted by atomic mass is 10.2. The fourth-order valence-electron chi connectivity index (χ4n) is 1.57. The molecule has 1 heterocycles. The topological polar surface area (TPSA) is 72.0 Å². The molecule has 0 bridgehead atoms. The van der Waals surface area contributed by atoms with Crippen LogP contribution in [0.1, 0.15) is 39.9 Å². The van der Waals surface area contributed by atoms with Crippen molar-refractivity contribution in [3.05, 3.63) is 17.0 Å². The molecule has 74 valence electrons. The Bertz CT molecular complexity index is 395. The van der Waals surface area contributed by atoms with Crippen LogP contribution in [0, 0.1) is 0 Å². The Hall–Kier alpha value is -1.65. The number of nitrogens with one attached hydrogen (secondary N) is 1. The highest BCUT2D eigenvalue weighted by Crippen LogP contribution is 2.23. The van der Waals surface area contributed by atoms with Crippen LogP contribution >= 0.6 is 0 Å². The van der Waals surface area contributed by atoms with Crippen LogP contribution in [-0.2, 0) is 11.2 Å². The van der Waals surface area contributed by atoms with E-state index in [4.69, 9.17) is 4.74 Å². The smallest absolute Gasteiger partial charge is 0.359 e. The second kappa shape index (κ2) is 3.25. The first-order valence-electron chi connectivity index (χ1n) is 4.51.